The van der Waals surface area contributed by atoms with Crippen LogP contribution in [0.5, 0.6) is 0 Å². The molecule has 1 amide bonds. The van der Waals surface area contributed by atoms with Crippen LogP contribution in [-0.2, 0) is 21.4 Å². The van der Waals surface area contributed by atoms with Crippen LogP contribution >= 0.6 is 15.9 Å². The van der Waals surface area contributed by atoms with Crippen molar-refractivity contribution in [1.29, 1.82) is 0 Å². The van der Waals surface area contributed by atoms with Crippen molar-refractivity contribution < 1.29 is 18.1 Å². The lowest BCUT2D eigenvalue weighted by Gasteiger charge is -2.37. The first-order valence-corrected chi connectivity index (χ1v) is 9.98. The molecule has 0 unspecified atom stereocenters. The van der Waals surface area contributed by atoms with Gasteiger partial charge in [-0.05, 0) is 23.8 Å². The van der Waals surface area contributed by atoms with Crippen molar-refractivity contribution in [1.82, 2.24) is 4.31 Å². The van der Waals surface area contributed by atoms with Gasteiger partial charge in [0.2, 0.25) is 15.9 Å². The lowest BCUT2D eigenvalue weighted by atomic mass is 10.2. The molecule has 2 aromatic carbocycles. The van der Waals surface area contributed by atoms with E-state index >= 15 is 0 Å². The number of carbonyl (C=O) groups is 1. The average molecular weight is 455 g/mol. The number of amides is 1. The first-order valence-electron chi connectivity index (χ1n) is 7.75. The number of nitro groups is 1. The van der Waals surface area contributed by atoms with Crippen molar-refractivity contribution in [3.63, 3.8) is 0 Å². The van der Waals surface area contributed by atoms with E-state index in [9.17, 15) is 23.3 Å². The number of fused-ring (bicyclic) bond motifs is 1. The average Bonchev–Trinajstić information content (AvgIpc) is 2.59. The second-order valence-electron chi connectivity index (χ2n) is 5.96. The summed E-state index contributed by atoms with van der Waals surface area (Å²) in [5.41, 5.74) is 6.02. The van der Waals surface area contributed by atoms with Gasteiger partial charge in [-0.15, -0.1) is 0 Å². The second kappa shape index (κ2) is 7.25. The highest BCUT2D eigenvalue weighted by Crippen LogP contribution is 2.35. The van der Waals surface area contributed by atoms with E-state index in [-0.39, 0.29) is 30.3 Å². The summed E-state index contributed by atoms with van der Waals surface area (Å²) in [4.78, 5) is 23.4. The molecule has 1 aliphatic rings. The summed E-state index contributed by atoms with van der Waals surface area (Å²) >= 11 is 3.26. The molecule has 2 N–H and O–H groups in total. The topological polar surface area (TPSA) is 127 Å². The number of carbonyl (C=O) groups excluding carboxylic acids is 1. The number of nitro benzene ring substituents is 1. The number of nitrogens with two attached hydrogens (primary N) is 1. The van der Waals surface area contributed by atoms with Crippen LogP contribution in [0.25, 0.3) is 0 Å². The van der Waals surface area contributed by atoms with Gasteiger partial charge >= 0.3 is 0 Å². The van der Waals surface area contributed by atoms with E-state index in [1.165, 1.54) is 24.3 Å². The van der Waals surface area contributed by atoms with Crippen LogP contribution in [0.15, 0.2) is 51.8 Å². The highest BCUT2D eigenvalue weighted by Gasteiger charge is 2.36. The van der Waals surface area contributed by atoms with E-state index in [1.807, 2.05) is 0 Å². The smallest absolute Gasteiger partial charge is 0.269 e. The molecule has 142 valence electrons. The molecule has 9 nitrogen and oxygen atoms in total. The van der Waals surface area contributed by atoms with E-state index in [1.54, 1.807) is 23.1 Å². The number of primary amides is 1. The monoisotopic (exact) mass is 454 g/mol. The van der Waals surface area contributed by atoms with Gasteiger partial charge in [-0.2, -0.15) is 4.31 Å². The van der Waals surface area contributed by atoms with Crippen LogP contribution < -0.4 is 10.6 Å². The molecule has 0 radical (unpaired) electrons. The normalized spacial score (nSPS) is 16.0. The Morgan fingerprint density at radius 1 is 1.26 bits per heavy atom. The third kappa shape index (κ3) is 3.94. The van der Waals surface area contributed by atoms with Gasteiger partial charge in [-0.25, -0.2) is 8.42 Å². The summed E-state index contributed by atoms with van der Waals surface area (Å²) in [5, 5.41) is 11.0. The predicted octanol–water partition coefficient (Wildman–Crippen LogP) is 1.81. The van der Waals surface area contributed by atoms with Gasteiger partial charge < -0.3 is 10.6 Å². The van der Waals surface area contributed by atoms with E-state index < -0.39 is 20.9 Å². The molecule has 2 aromatic rings. The first kappa shape index (κ1) is 19.3. The number of hydrogen-bond donors (Lipinski definition) is 1. The fraction of sp³-hybridized carbons (Fsp3) is 0.188. The van der Waals surface area contributed by atoms with E-state index in [4.69, 9.17) is 5.73 Å². The van der Waals surface area contributed by atoms with Crippen LogP contribution in [0.1, 0.15) is 5.56 Å². The standard InChI is InChI=1S/C16H15BrN4O5S/c17-12-4-5-14-15(7-12)27(25,26)20(10-19(14)9-16(18)22)8-11-2-1-3-13(6-11)21(23)24/h1-7H,8-10H2,(H2,18,22). The molecule has 27 heavy (non-hydrogen) atoms. The lowest BCUT2D eigenvalue weighted by Crippen LogP contribution is -2.48. The maximum absolute atomic E-state index is 13.0. The number of benzene rings is 2. The molecule has 3 rings (SSSR count). The largest absolute Gasteiger partial charge is 0.368 e. The van der Waals surface area contributed by atoms with Gasteiger partial charge in [0.1, 0.15) is 4.90 Å². The van der Waals surface area contributed by atoms with Gasteiger partial charge in [-0.1, -0.05) is 28.1 Å². The Hall–Kier alpha value is -2.50. The Kier molecular flexibility index (Phi) is 5.18. The lowest BCUT2D eigenvalue weighted by molar-refractivity contribution is -0.384. The zero-order valence-corrected chi connectivity index (χ0v) is 16.3. The Labute approximate surface area is 163 Å². The van der Waals surface area contributed by atoms with Gasteiger partial charge in [0, 0.05) is 23.2 Å². The molecule has 11 heteroatoms. The van der Waals surface area contributed by atoms with Crippen molar-refractivity contribution in [3.8, 4) is 0 Å². The fourth-order valence-corrected chi connectivity index (χ4v) is 5.01. The maximum atomic E-state index is 13.0. The fourth-order valence-electron chi connectivity index (χ4n) is 2.87. The molecule has 0 aliphatic carbocycles. The summed E-state index contributed by atoms with van der Waals surface area (Å²) < 4.78 is 27.8. The van der Waals surface area contributed by atoms with Gasteiger partial charge in [0.05, 0.1) is 23.8 Å². The zero-order chi connectivity index (χ0) is 19.8. The predicted molar refractivity (Wildman–Crippen MR) is 101 cm³/mol. The number of sulfonamides is 1. The summed E-state index contributed by atoms with van der Waals surface area (Å²) in [6.45, 7) is -0.330. The number of halogens is 1. The summed E-state index contributed by atoms with van der Waals surface area (Å²) in [7, 11) is -3.87. The minimum atomic E-state index is -3.87. The van der Waals surface area contributed by atoms with Crippen LogP contribution in [0, 0.1) is 10.1 Å². The molecule has 0 saturated carbocycles. The van der Waals surface area contributed by atoms with Crippen molar-refractivity contribution >= 4 is 43.2 Å². The first-order chi connectivity index (χ1) is 12.7. The summed E-state index contributed by atoms with van der Waals surface area (Å²) in [6.07, 6.45) is 0. The maximum Gasteiger partial charge on any atom is 0.269 e. The van der Waals surface area contributed by atoms with Gasteiger partial charge in [0.15, 0.2) is 0 Å². The quantitative estimate of drug-likeness (QED) is 0.541. The van der Waals surface area contributed by atoms with Crippen molar-refractivity contribution in [2.75, 3.05) is 18.1 Å². The zero-order valence-electron chi connectivity index (χ0n) is 13.9. The van der Waals surface area contributed by atoms with E-state index in [2.05, 4.69) is 15.9 Å². The third-order valence-electron chi connectivity index (χ3n) is 4.04. The van der Waals surface area contributed by atoms with E-state index in [0.29, 0.717) is 15.7 Å². The molecule has 0 bridgehead atoms. The number of rotatable bonds is 5. The molecular weight excluding hydrogens is 440 g/mol. The molecule has 0 aromatic heterocycles. The summed E-state index contributed by atoms with van der Waals surface area (Å²) in [5.74, 6) is -0.599. The van der Waals surface area contributed by atoms with Gasteiger partial charge in [-0.3, -0.25) is 14.9 Å². The van der Waals surface area contributed by atoms with Crippen LogP contribution in [0.2, 0.25) is 0 Å². The Morgan fingerprint density at radius 3 is 2.67 bits per heavy atom. The third-order valence-corrected chi connectivity index (χ3v) is 6.34. The molecule has 0 fully saturated rings. The molecule has 0 atom stereocenters. The Bertz CT molecular complexity index is 1030. The Balaban J connectivity index is 2.02. The number of non-ortho nitro benzene ring substituents is 1. The van der Waals surface area contributed by atoms with E-state index in [0.717, 1.165) is 4.31 Å². The molecular formula is C16H15BrN4O5S. The van der Waals surface area contributed by atoms with Crippen LogP contribution in [-0.4, -0.2) is 36.8 Å². The number of anilines is 1. The second-order valence-corrected chi connectivity index (χ2v) is 8.78. The van der Waals surface area contributed by atoms with Crippen molar-refractivity contribution in [2.45, 2.75) is 11.4 Å². The SMILES string of the molecule is NC(=O)CN1CN(Cc2cccc([N+](=O)[O-])c2)S(=O)(=O)c2cc(Br)ccc21. The minimum Gasteiger partial charge on any atom is -0.368 e. The van der Waals surface area contributed by atoms with Crippen molar-refractivity contribution in [3.05, 3.63) is 62.6 Å². The molecule has 0 spiro atoms. The van der Waals surface area contributed by atoms with Crippen LogP contribution in [0.3, 0.4) is 0 Å². The summed E-state index contributed by atoms with van der Waals surface area (Å²) in [6, 6.07) is 10.5. The molecule has 1 heterocycles. The van der Waals surface area contributed by atoms with Crippen LogP contribution in [0.4, 0.5) is 11.4 Å². The highest BCUT2D eigenvalue weighted by molar-refractivity contribution is 9.10. The molecule has 0 saturated heterocycles. The van der Waals surface area contributed by atoms with Gasteiger partial charge in [0.25, 0.3) is 5.69 Å². The Morgan fingerprint density at radius 2 is 2.00 bits per heavy atom. The highest BCUT2D eigenvalue weighted by atomic mass is 79.9. The minimum absolute atomic E-state index is 0.0369. The number of nitrogens with zero attached hydrogens (tertiary/aromatic N) is 3. The molecule has 1 aliphatic heterocycles. The van der Waals surface area contributed by atoms with Crippen molar-refractivity contribution in [2.24, 2.45) is 5.73 Å². The number of hydrogen-bond acceptors (Lipinski definition) is 6.